The standard InChI is InChI=1S/C16H27N3O/c1-5-19(13(2)12-18(3)4)16(20)15(11-17)14-9-7-6-8-10-14/h6-10,13,15H,5,11-12,17H2,1-4H3. The van der Waals surface area contributed by atoms with Crippen molar-refractivity contribution in [3.05, 3.63) is 35.9 Å². The third-order valence-electron chi connectivity index (χ3n) is 3.52. The largest absolute Gasteiger partial charge is 0.338 e. The van der Waals surface area contributed by atoms with E-state index in [2.05, 4.69) is 11.8 Å². The molecule has 1 amide bonds. The molecule has 4 nitrogen and oxygen atoms in total. The highest BCUT2D eigenvalue weighted by Crippen LogP contribution is 2.18. The maximum Gasteiger partial charge on any atom is 0.231 e. The molecule has 2 N–H and O–H groups in total. The molecule has 0 aliphatic heterocycles. The van der Waals surface area contributed by atoms with Crippen molar-refractivity contribution in [2.24, 2.45) is 5.73 Å². The van der Waals surface area contributed by atoms with Crippen molar-refractivity contribution in [1.82, 2.24) is 9.80 Å². The molecular formula is C16H27N3O. The second-order valence-corrected chi connectivity index (χ2v) is 5.43. The maximum absolute atomic E-state index is 12.8. The third-order valence-corrected chi connectivity index (χ3v) is 3.52. The monoisotopic (exact) mass is 277 g/mol. The molecule has 0 aliphatic rings. The van der Waals surface area contributed by atoms with Crippen LogP contribution < -0.4 is 5.73 Å². The number of hydrogen-bond acceptors (Lipinski definition) is 3. The molecule has 0 saturated carbocycles. The lowest BCUT2D eigenvalue weighted by Crippen LogP contribution is -2.46. The molecule has 0 bridgehead atoms. The van der Waals surface area contributed by atoms with Gasteiger partial charge in [0.2, 0.25) is 5.91 Å². The van der Waals surface area contributed by atoms with Crippen LogP contribution in [0.15, 0.2) is 30.3 Å². The minimum atomic E-state index is -0.249. The summed E-state index contributed by atoms with van der Waals surface area (Å²) in [5, 5.41) is 0. The Bertz CT molecular complexity index is 405. The van der Waals surface area contributed by atoms with Gasteiger partial charge in [-0.25, -0.2) is 0 Å². The van der Waals surface area contributed by atoms with Crippen LogP contribution in [0.2, 0.25) is 0 Å². The third kappa shape index (κ3) is 4.32. The molecule has 112 valence electrons. The van der Waals surface area contributed by atoms with Crippen molar-refractivity contribution in [2.45, 2.75) is 25.8 Å². The first-order valence-corrected chi connectivity index (χ1v) is 7.21. The number of carbonyl (C=O) groups is 1. The summed E-state index contributed by atoms with van der Waals surface area (Å²) in [6.45, 7) is 6.00. The first-order chi connectivity index (χ1) is 9.51. The topological polar surface area (TPSA) is 49.6 Å². The molecule has 0 radical (unpaired) electrons. The zero-order valence-corrected chi connectivity index (χ0v) is 13.0. The van der Waals surface area contributed by atoms with Crippen molar-refractivity contribution >= 4 is 5.91 Å². The fourth-order valence-corrected chi connectivity index (χ4v) is 2.58. The Hall–Kier alpha value is -1.39. The van der Waals surface area contributed by atoms with Crippen LogP contribution in [0.5, 0.6) is 0 Å². The van der Waals surface area contributed by atoms with Gasteiger partial charge in [0.1, 0.15) is 0 Å². The molecule has 0 heterocycles. The minimum absolute atomic E-state index is 0.121. The summed E-state index contributed by atoms with van der Waals surface area (Å²) in [6, 6.07) is 9.98. The van der Waals surface area contributed by atoms with E-state index in [0.717, 1.165) is 12.1 Å². The molecule has 0 aromatic heterocycles. The molecule has 0 spiro atoms. The SMILES string of the molecule is CCN(C(=O)C(CN)c1ccccc1)C(C)CN(C)C. The van der Waals surface area contributed by atoms with E-state index >= 15 is 0 Å². The highest BCUT2D eigenvalue weighted by Gasteiger charge is 2.27. The predicted molar refractivity (Wildman–Crippen MR) is 83.6 cm³/mol. The fraction of sp³-hybridized carbons (Fsp3) is 0.562. The van der Waals surface area contributed by atoms with Crippen LogP contribution in [0.1, 0.15) is 25.3 Å². The Morgan fingerprint density at radius 2 is 1.85 bits per heavy atom. The predicted octanol–water partition coefficient (Wildman–Crippen LogP) is 1.53. The van der Waals surface area contributed by atoms with Gasteiger partial charge in [-0.2, -0.15) is 0 Å². The van der Waals surface area contributed by atoms with E-state index in [9.17, 15) is 4.79 Å². The summed E-state index contributed by atoms with van der Waals surface area (Å²) < 4.78 is 0. The van der Waals surface area contributed by atoms with E-state index < -0.39 is 0 Å². The molecule has 20 heavy (non-hydrogen) atoms. The molecule has 1 aromatic rings. The normalized spacial score (nSPS) is 14.1. The van der Waals surface area contributed by atoms with Crippen LogP contribution in [0.4, 0.5) is 0 Å². The lowest BCUT2D eigenvalue weighted by atomic mass is 9.97. The number of hydrogen-bond donors (Lipinski definition) is 1. The zero-order chi connectivity index (χ0) is 15.1. The van der Waals surface area contributed by atoms with Crippen LogP contribution in [-0.4, -0.2) is 55.5 Å². The quantitative estimate of drug-likeness (QED) is 0.822. The summed E-state index contributed by atoms with van der Waals surface area (Å²) >= 11 is 0. The Balaban J connectivity index is 2.88. The Labute approximate surface area is 122 Å². The lowest BCUT2D eigenvalue weighted by Gasteiger charge is -2.33. The number of benzene rings is 1. The van der Waals surface area contributed by atoms with Crippen molar-refractivity contribution in [3.8, 4) is 0 Å². The van der Waals surface area contributed by atoms with Crippen molar-refractivity contribution in [1.29, 1.82) is 0 Å². The molecule has 1 rings (SSSR count). The van der Waals surface area contributed by atoms with Gasteiger partial charge in [-0.15, -0.1) is 0 Å². The minimum Gasteiger partial charge on any atom is -0.338 e. The van der Waals surface area contributed by atoms with Crippen LogP contribution in [0, 0.1) is 0 Å². The molecule has 4 heteroatoms. The molecule has 2 atom stereocenters. The number of nitrogens with two attached hydrogens (primary N) is 1. The second-order valence-electron chi connectivity index (χ2n) is 5.43. The maximum atomic E-state index is 12.8. The number of rotatable bonds is 7. The Morgan fingerprint density at radius 3 is 2.30 bits per heavy atom. The summed E-state index contributed by atoms with van der Waals surface area (Å²) in [4.78, 5) is 16.8. The first kappa shape index (κ1) is 16.7. The molecule has 1 aromatic carbocycles. The highest BCUT2D eigenvalue weighted by atomic mass is 16.2. The lowest BCUT2D eigenvalue weighted by molar-refractivity contribution is -0.134. The van der Waals surface area contributed by atoms with Gasteiger partial charge in [0.15, 0.2) is 0 Å². The summed E-state index contributed by atoms with van der Waals surface area (Å²) in [6.07, 6.45) is 0. The van der Waals surface area contributed by atoms with Gasteiger partial charge in [0, 0.05) is 25.7 Å². The Kier molecular flexibility index (Phi) is 6.68. The molecular weight excluding hydrogens is 250 g/mol. The molecule has 0 saturated heterocycles. The van der Waals surface area contributed by atoms with Gasteiger partial charge in [-0.3, -0.25) is 4.79 Å². The smallest absolute Gasteiger partial charge is 0.231 e. The highest BCUT2D eigenvalue weighted by molar-refractivity contribution is 5.84. The second kappa shape index (κ2) is 8.02. The van der Waals surface area contributed by atoms with Gasteiger partial charge in [0.05, 0.1) is 5.92 Å². The van der Waals surface area contributed by atoms with Gasteiger partial charge >= 0.3 is 0 Å². The number of carbonyl (C=O) groups excluding carboxylic acids is 1. The average molecular weight is 277 g/mol. The number of amides is 1. The van der Waals surface area contributed by atoms with Gasteiger partial charge in [0.25, 0.3) is 0 Å². The van der Waals surface area contributed by atoms with Gasteiger partial charge in [-0.05, 0) is 33.5 Å². The fourth-order valence-electron chi connectivity index (χ4n) is 2.58. The number of nitrogens with zero attached hydrogens (tertiary/aromatic N) is 2. The van der Waals surface area contributed by atoms with E-state index in [1.165, 1.54) is 0 Å². The van der Waals surface area contributed by atoms with Crippen LogP contribution in [-0.2, 0) is 4.79 Å². The molecule has 0 aliphatic carbocycles. The Morgan fingerprint density at radius 1 is 1.25 bits per heavy atom. The zero-order valence-electron chi connectivity index (χ0n) is 13.0. The first-order valence-electron chi connectivity index (χ1n) is 7.21. The van der Waals surface area contributed by atoms with Crippen molar-refractivity contribution < 1.29 is 4.79 Å². The van der Waals surface area contributed by atoms with Crippen molar-refractivity contribution in [2.75, 3.05) is 33.7 Å². The van der Waals surface area contributed by atoms with Crippen LogP contribution in [0.25, 0.3) is 0 Å². The van der Waals surface area contributed by atoms with Crippen molar-refractivity contribution in [3.63, 3.8) is 0 Å². The summed E-state index contributed by atoms with van der Waals surface area (Å²) in [7, 11) is 4.04. The van der Waals surface area contributed by atoms with Gasteiger partial charge < -0.3 is 15.5 Å². The number of likely N-dealkylation sites (N-methyl/N-ethyl adjacent to an activating group) is 2. The van der Waals surface area contributed by atoms with E-state index in [0.29, 0.717) is 13.1 Å². The van der Waals surface area contributed by atoms with E-state index in [1.54, 1.807) is 0 Å². The van der Waals surface area contributed by atoms with E-state index in [-0.39, 0.29) is 17.9 Å². The molecule has 0 fully saturated rings. The van der Waals surface area contributed by atoms with Gasteiger partial charge in [-0.1, -0.05) is 30.3 Å². The summed E-state index contributed by atoms with van der Waals surface area (Å²) in [5.41, 5.74) is 6.84. The average Bonchev–Trinajstić information content (AvgIpc) is 2.40. The summed E-state index contributed by atoms with van der Waals surface area (Å²) in [5.74, 6) is -0.128. The van der Waals surface area contributed by atoms with Crippen LogP contribution in [0.3, 0.4) is 0 Å². The van der Waals surface area contributed by atoms with E-state index in [4.69, 9.17) is 5.73 Å². The van der Waals surface area contributed by atoms with E-state index in [1.807, 2.05) is 56.3 Å². The molecule has 2 unspecified atom stereocenters. The van der Waals surface area contributed by atoms with Crippen LogP contribution >= 0.6 is 0 Å².